The molecule has 0 spiro atoms. The maximum atomic E-state index is 12.4. The van der Waals surface area contributed by atoms with Crippen LogP contribution in [-0.4, -0.2) is 42.8 Å². The van der Waals surface area contributed by atoms with Crippen molar-refractivity contribution in [2.24, 2.45) is 0 Å². The average Bonchev–Trinajstić information content (AvgIpc) is 2.62. The smallest absolute Gasteiger partial charge is 0.307 e. The van der Waals surface area contributed by atoms with Crippen LogP contribution in [0.2, 0.25) is 0 Å². The highest BCUT2D eigenvalue weighted by atomic mass is 16.5. The minimum Gasteiger partial charge on any atom is -0.469 e. The third-order valence-corrected chi connectivity index (χ3v) is 3.86. The first kappa shape index (κ1) is 19.9. The highest BCUT2D eigenvalue weighted by Gasteiger charge is 2.16. The molecule has 5 heteroatoms. The first-order valence-electron chi connectivity index (χ1n) is 8.51. The van der Waals surface area contributed by atoms with E-state index >= 15 is 0 Å². The van der Waals surface area contributed by atoms with E-state index in [1.807, 2.05) is 18.2 Å². The van der Waals surface area contributed by atoms with Crippen molar-refractivity contribution in [1.82, 2.24) is 4.90 Å². The van der Waals surface area contributed by atoms with Crippen LogP contribution in [0.3, 0.4) is 0 Å². The second-order valence-electron chi connectivity index (χ2n) is 5.70. The summed E-state index contributed by atoms with van der Waals surface area (Å²) in [5.74, 6) is -0.451. The first-order chi connectivity index (χ1) is 11.6. The van der Waals surface area contributed by atoms with Gasteiger partial charge < -0.3 is 9.64 Å². The number of carbonyl (C=O) groups excluding carboxylic acids is 3. The maximum absolute atomic E-state index is 12.4. The quantitative estimate of drug-likeness (QED) is 0.354. The number of nitrogens with zero attached hydrogens (tertiary/aromatic N) is 1. The Kier molecular flexibility index (Phi) is 9.42. The SMILES string of the molecule is CCCCCN(CCC(=O)OC)C(=O)CCC(=O)c1ccccc1. The standard InChI is InChI=1S/C19H27NO4/c1-3-4-8-14-20(15-13-19(23)24-2)18(22)12-11-17(21)16-9-6-5-7-10-16/h5-7,9-10H,3-4,8,11-15H2,1-2H3. The van der Waals surface area contributed by atoms with Crippen LogP contribution in [0.4, 0.5) is 0 Å². The van der Waals surface area contributed by atoms with Crippen molar-refractivity contribution < 1.29 is 19.1 Å². The zero-order chi connectivity index (χ0) is 17.8. The van der Waals surface area contributed by atoms with E-state index in [-0.39, 0.29) is 36.9 Å². The molecule has 0 heterocycles. The number of methoxy groups -OCH3 is 1. The molecule has 0 atom stereocenters. The van der Waals surface area contributed by atoms with Gasteiger partial charge in [0, 0.05) is 31.5 Å². The Bertz CT molecular complexity index is 527. The van der Waals surface area contributed by atoms with Crippen LogP contribution in [0.5, 0.6) is 0 Å². The van der Waals surface area contributed by atoms with Crippen LogP contribution in [0.1, 0.15) is 55.8 Å². The summed E-state index contributed by atoms with van der Waals surface area (Å²) in [7, 11) is 1.34. The Morgan fingerprint density at radius 3 is 2.29 bits per heavy atom. The number of hydrogen-bond donors (Lipinski definition) is 0. The molecule has 0 aromatic heterocycles. The number of Topliss-reactive ketones (excluding diaryl/α,β-unsaturated/α-hetero) is 1. The van der Waals surface area contributed by atoms with Gasteiger partial charge in [0.05, 0.1) is 13.5 Å². The van der Waals surface area contributed by atoms with Gasteiger partial charge in [0.2, 0.25) is 5.91 Å². The molecule has 0 aliphatic carbocycles. The predicted octanol–water partition coefficient (Wildman–Crippen LogP) is 3.23. The van der Waals surface area contributed by atoms with Gasteiger partial charge in [-0.1, -0.05) is 50.1 Å². The molecule has 1 amide bonds. The summed E-state index contributed by atoms with van der Waals surface area (Å²) >= 11 is 0. The molecule has 0 saturated heterocycles. The van der Waals surface area contributed by atoms with Crippen molar-refractivity contribution in [2.75, 3.05) is 20.2 Å². The normalized spacial score (nSPS) is 10.2. The van der Waals surface area contributed by atoms with E-state index in [0.717, 1.165) is 19.3 Å². The number of rotatable bonds is 11. The van der Waals surface area contributed by atoms with Crippen molar-refractivity contribution in [1.29, 1.82) is 0 Å². The summed E-state index contributed by atoms with van der Waals surface area (Å²) in [6, 6.07) is 8.97. The molecule has 0 bridgehead atoms. The van der Waals surface area contributed by atoms with Crippen LogP contribution < -0.4 is 0 Å². The molecule has 0 fully saturated rings. The molecule has 0 radical (unpaired) electrons. The second kappa shape index (κ2) is 11.4. The average molecular weight is 333 g/mol. The molecule has 132 valence electrons. The summed E-state index contributed by atoms with van der Waals surface area (Å²) in [5, 5.41) is 0. The lowest BCUT2D eigenvalue weighted by atomic mass is 10.1. The summed E-state index contributed by atoms with van der Waals surface area (Å²) in [6.45, 7) is 3.05. The number of amides is 1. The number of ether oxygens (including phenoxy) is 1. The molecule has 0 aliphatic heterocycles. The molecular formula is C19H27NO4. The van der Waals surface area contributed by atoms with Crippen molar-refractivity contribution in [3.8, 4) is 0 Å². The monoisotopic (exact) mass is 333 g/mol. The molecular weight excluding hydrogens is 306 g/mol. The second-order valence-corrected chi connectivity index (χ2v) is 5.70. The lowest BCUT2D eigenvalue weighted by Crippen LogP contribution is -2.34. The lowest BCUT2D eigenvalue weighted by molar-refractivity contribution is -0.141. The zero-order valence-electron chi connectivity index (χ0n) is 14.6. The van der Waals surface area contributed by atoms with E-state index in [4.69, 9.17) is 0 Å². The Hall–Kier alpha value is -2.17. The molecule has 0 saturated carbocycles. The van der Waals surface area contributed by atoms with Gasteiger partial charge in [-0.3, -0.25) is 14.4 Å². The third-order valence-electron chi connectivity index (χ3n) is 3.86. The van der Waals surface area contributed by atoms with E-state index in [9.17, 15) is 14.4 Å². The molecule has 1 aromatic carbocycles. The van der Waals surface area contributed by atoms with Gasteiger partial charge in [-0.2, -0.15) is 0 Å². The van der Waals surface area contributed by atoms with Gasteiger partial charge in [0.1, 0.15) is 0 Å². The predicted molar refractivity (Wildman–Crippen MR) is 92.7 cm³/mol. The molecule has 0 N–H and O–H groups in total. The van der Waals surface area contributed by atoms with Crippen LogP contribution >= 0.6 is 0 Å². The summed E-state index contributed by atoms with van der Waals surface area (Å²) < 4.78 is 4.63. The highest BCUT2D eigenvalue weighted by Crippen LogP contribution is 2.09. The number of benzene rings is 1. The first-order valence-corrected chi connectivity index (χ1v) is 8.51. The van der Waals surface area contributed by atoms with Gasteiger partial charge in [-0.15, -0.1) is 0 Å². The minimum absolute atomic E-state index is 0.0366. The van der Waals surface area contributed by atoms with Crippen LogP contribution in [0, 0.1) is 0 Å². The van der Waals surface area contributed by atoms with Gasteiger partial charge in [-0.25, -0.2) is 0 Å². The highest BCUT2D eigenvalue weighted by molar-refractivity contribution is 5.97. The number of esters is 1. The fourth-order valence-corrected chi connectivity index (χ4v) is 2.39. The zero-order valence-corrected chi connectivity index (χ0v) is 14.6. The summed E-state index contributed by atoms with van der Waals surface area (Å²) in [6.07, 6.45) is 3.53. The van der Waals surface area contributed by atoms with Crippen molar-refractivity contribution in [3.63, 3.8) is 0 Å². The van der Waals surface area contributed by atoms with E-state index in [2.05, 4.69) is 11.7 Å². The largest absolute Gasteiger partial charge is 0.469 e. The van der Waals surface area contributed by atoms with Gasteiger partial charge in [-0.05, 0) is 6.42 Å². The minimum atomic E-state index is -0.330. The fourth-order valence-electron chi connectivity index (χ4n) is 2.39. The number of carbonyl (C=O) groups is 3. The molecule has 5 nitrogen and oxygen atoms in total. The van der Waals surface area contributed by atoms with Gasteiger partial charge >= 0.3 is 5.97 Å². The molecule has 0 unspecified atom stereocenters. The number of hydrogen-bond acceptors (Lipinski definition) is 4. The van der Waals surface area contributed by atoms with Crippen molar-refractivity contribution in [2.45, 2.75) is 45.4 Å². The van der Waals surface area contributed by atoms with E-state index < -0.39 is 0 Å². The van der Waals surface area contributed by atoms with Crippen LogP contribution in [0.15, 0.2) is 30.3 Å². The lowest BCUT2D eigenvalue weighted by Gasteiger charge is -2.22. The Morgan fingerprint density at radius 1 is 0.958 bits per heavy atom. The molecule has 1 rings (SSSR count). The van der Waals surface area contributed by atoms with Gasteiger partial charge in [0.15, 0.2) is 5.78 Å². The summed E-state index contributed by atoms with van der Waals surface area (Å²) in [5.41, 5.74) is 0.623. The maximum Gasteiger partial charge on any atom is 0.307 e. The fraction of sp³-hybridized carbons (Fsp3) is 0.526. The summed E-state index contributed by atoms with van der Waals surface area (Å²) in [4.78, 5) is 37.5. The van der Waals surface area contributed by atoms with Crippen molar-refractivity contribution >= 4 is 17.7 Å². The number of unbranched alkanes of at least 4 members (excludes halogenated alkanes) is 2. The Morgan fingerprint density at radius 2 is 1.67 bits per heavy atom. The van der Waals surface area contributed by atoms with Crippen LogP contribution in [0.25, 0.3) is 0 Å². The topological polar surface area (TPSA) is 63.7 Å². The number of ketones is 1. The van der Waals surface area contributed by atoms with Crippen LogP contribution in [-0.2, 0) is 14.3 Å². The van der Waals surface area contributed by atoms with E-state index in [0.29, 0.717) is 18.7 Å². The van der Waals surface area contributed by atoms with Crippen molar-refractivity contribution in [3.05, 3.63) is 35.9 Å². The third kappa shape index (κ3) is 7.40. The molecule has 1 aromatic rings. The van der Waals surface area contributed by atoms with E-state index in [1.54, 1.807) is 17.0 Å². The van der Waals surface area contributed by atoms with E-state index in [1.165, 1.54) is 7.11 Å². The Balaban J connectivity index is 2.52. The van der Waals surface area contributed by atoms with Gasteiger partial charge in [0.25, 0.3) is 0 Å². The molecule has 0 aliphatic rings. The molecule has 24 heavy (non-hydrogen) atoms. The Labute approximate surface area is 144 Å².